The Morgan fingerprint density at radius 3 is 2.80 bits per heavy atom. The lowest BCUT2D eigenvalue weighted by atomic mass is 10.3. The van der Waals surface area contributed by atoms with E-state index in [9.17, 15) is 4.79 Å². The van der Waals surface area contributed by atoms with Crippen molar-refractivity contribution in [1.82, 2.24) is 4.57 Å². The Labute approximate surface area is 86.9 Å². The van der Waals surface area contributed by atoms with E-state index in [1.165, 1.54) is 0 Å². The van der Waals surface area contributed by atoms with E-state index in [4.69, 9.17) is 11.5 Å². The van der Waals surface area contributed by atoms with Gasteiger partial charge in [0.05, 0.1) is 7.05 Å². The van der Waals surface area contributed by atoms with Crippen molar-refractivity contribution < 1.29 is 9.36 Å². The molecule has 0 fully saturated rings. The van der Waals surface area contributed by atoms with E-state index in [0.717, 1.165) is 11.0 Å². The lowest BCUT2D eigenvalue weighted by Gasteiger charge is -1.95. The number of para-hydroxylation sites is 2. The van der Waals surface area contributed by atoms with Gasteiger partial charge in [-0.2, -0.15) is 0 Å². The van der Waals surface area contributed by atoms with E-state index >= 15 is 0 Å². The normalized spacial score (nSPS) is 10.7. The summed E-state index contributed by atoms with van der Waals surface area (Å²) in [5.74, 6) is 0.123. The number of aryl methyl sites for hydroxylation is 1. The lowest BCUT2D eigenvalue weighted by molar-refractivity contribution is -0.630. The average molecular weight is 205 g/mol. The molecule has 5 nitrogen and oxygen atoms in total. The number of nitrogens with zero attached hydrogens (tertiary/aromatic N) is 2. The minimum Gasteiger partial charge on any atom is -0.367 e. The molecule has 2 aromatic rings. The number of imidazole rings is 1. The molecule has 0 aliphatic heterocycles. The monoisotopic (exact) mass is 205 g/mol. The van der Waals surface area contributed by atoms with Gasteiger partial charge < -0.3 is 5.73 Å². The number of rotatable bonds is 2. The average Bonchev–Trinajstić information content (AvgIpc) is 2.44. The third-order valence-electron chi connectivity index (χ3n) is 2.47. The molecular formula is C10H13N4O+. The number of fused-ring (bicyclic) bond motifs is 1. The van der Waals surface area contributed by atoms with Gasteiger partial charge in [0.25, 0.3) is 5.91 Å². The van der Waals surface area contributed by atoms with Gasteiger partial charge in [-0.25, -0.2) is 9.13 Å². The summed E-state index contributed by atoms with van der Waals surface area (Å²) in [6.45, 7) is 0.104. The van der Waals surface area contributed by atoms with E-state index in [2.05, 4.69) is 0 Å². The van der Waals surface area contributed by atoms with Gasteiger partial charge in [-0.15, -0.1) is 0 Å². The van der Waals surface area contributed by atoms with Crippen LogP contribution in [0, 0.1) is 0 Å². The van der Waals surface area contributed by atoms with Crippen LogP contribution in [-0.2, 0) is 18.4 Å². The molecule has 0 radical (unpaired) electrons. The summed E-state index contributed by atoms with van der Waals surface area (Å²) < 4.78 is 3.54. The topological polar surface area (TPSA) is 77.9 Å². The number of benzene rings is 1. The van der Waals surface area contributed by atoms with Crippen molar-refractivity contribution in [3.8, 4) is 0 Å². The fourth-order valence-corrected chi connectivity index (χ4v) is 1.73. The molecule has 5 heteroatoms. The van der Waals surface area contributed by atoms with Gasteiger partial charge in [0, 0.05) is 0 Å². The van der Waals surface area contributed by atoms with Crippen molar-refractivity contribution in [1.29, 1.82) is 0 Å². The maximum atomic E-state index is 10.9. The first-order valence-electron chi connectivity index (χ1n) is 4.62. The summed E-state index contributed by atoms with van der Waals surface area (Å²) in [6, 6.07) is 7.69. The second-order valence-electron chi connectivity index (χ2n) is 3.46. The maximum absolute atomic E-state index is 10.9. The van der Waals surface area contributed by atoms with Gasteiger partial charge >= 0.3 is 5.95 Å². The van der Waals surface area contributed by atoms with Crippen molar-refractivity contribution in [3.05, 3.63) is 24.3 Å². The fourth-order valence-electron chi connectivity index (χ4n) is 1.73. The molecule has 1 aromatic heterocycles. The molecule has 0 spiro atoms. The first kappa shape index (κ1) is 9.51. The molecule has 0 aliphatic carbocycles. The first-order chi connectivity index (χ1) is 7.11. The van der Waals surface area contributed by atoms with Crippen LogP contribution in [-0.4, -0.2) is 10.5 Å². The van der Waals surface area contributed by atoms with E-state index in [0.29, 0.717) is 5.95 Å². The van der Waals surface area contributed by atoms with Crippen molar-refractivity contribution in [2.75, 3.05) is 5.73 Å². The molecule has 15 heavy (non-hydrogen) atoms. The molecule has 0 bridgehead atoms. The van der Waals surface area contributed by atoms with Gasteiger partial charge in [0.15, 0.2) is 6.54 Å². The highest BCUT2D eigenvalue weighted by molar-refractivity contribution is 5.79. The zero-order valence-corrected chi connectivity index (χ0v) is 8.47. The Morgan fingerprint density at radius 2 is 2.13 bits per heavy atom. The molecule has 78 valence electrons. The van der Waals surface area contributed by atoms with Crippen molar-refractivity contribution in [3.63, 3.8) is 0 Å². The first-order valence-corrected chi connectivity index (χ1v) is 4.62. The Kier molecular flexibility index (Phi) is 2.07. The highest BCUT2D eigenvalue weighted by Gasteiger charge is 2.18. The number of carbonyl (C=O) groups excluding carboxylic acids is 1. The van der Waals surface area contributed by atoms with Crippen molar-refractivity contribution in [2.45, 2.75) is 6.54 Å². The Bertz CT molecular complexity index is 529. The van der Waals surface area contributed by atoms with Crippen LogP contribution < -0.4 is 16.0 Å². The summed E-state index contributed by atoms with van der Waals surface area (Å²) in [5, 5.41) is 0. The largest absolute Gasteiger partial charge is 0.367 e. The molecule has 2 rings (SSSR count). The van der Waals surface area contributed by atoms with Crippen molar-refractivity contribution >= 4 is 22.9 Å². The third kappa shape index (κ3) is 1.41. The van der Waals surface area contributed by atoms with Gasteiger partial charge in [-0.05, 0) is 12.1 Å². The zero-order valence-electron chi connectivity index (χ0n) is 8.47. The molecule has 0 unspecified atom stereocenters. The van der Waals surface area contributed by atoms with Gasteiger partial charge in [-0.1, -0.05) is 12.1 Å². The van der Waals surface area contributed by atoms with Crippen molar-refractivity contribution in [2.24, 2.45) is 12.8 Å². The molecule has 0 atom stereocenters. The van der Waals surface area contributed by atoms with Crippen LogP contribution in [0.3, 0.4) is 0 Å². The standard InChI is InChI=1S/C10H12N4O/c1-13-7-4-2-3-5-8(7)14(10(13)12)6-9(11)15/h2-5,12H,6H2,1H3,(H2,11,15)/p+1. The quantitative estimate of drug-likeness (QED) is 0.650. The molecule has 0 aliphatic rings. The van der Waals surface area contributed by atoms with Crippen LogP contribution in [0.15, 0.2) is 24.3 Å². The van der Waals surface area contributed by atoms with Crippen LogP contribution in [0.5, 0.6) is 0 Å². The number of nitrogens with two attached hydrogens (primary N) is 2. The Morgan fingerprint density at radius 1 is 1.47 bits per heavy atom. The van der Waals surface area contributed by atoms with E-state index < -0.39 is 5.91 Å². The van der Waals surface area contributed by atoms with Crippen LogP contribution in [0.25, 0.3) is 11.0 Å². The second-order valence-corrected chi connectivity index (χ2v) is 3.46. The number of aromatic nitrogens is 2. The highest BCUT2D eigenvalue weighted by atomic mass is 16.1. The zero-order chi connectivity index (χ0) is 11.0. The number of nitrogen functional groups attached to an aromatic ring is 1. The molecule has 1 amide bonds. The van der Waals surface area contributed by atoms with E-state index in [1.807, 2.05) is 35.9 Å². The summed E-state index contributed by atoms with van der Waals surface area (Å²) in [5.41, 5.74) is 12.9. The minimum absolute atomic E-state index is 0.104. The molecular weight excluding hydrogens is 192 g/mol. The Balaban J connectivity index is 2.72. The third-order valence-corrected chi connectivity index (χ3v) is 2.47. The number of anilines is 1. The van der Waals surface area contributed by atoms with Gasteiger partial charge in [0.1, 0.15) is 11.0 Å². The lowest BCUT2D eigenvalue weighted by Crippen LogP contribution is -2.32. The van der Waals surface area contributed by atoms with E-state index in [-0.39, 0.29) is 6.54 Å². The number of primary amides is 1. The van der Waals surface area contributed by atoms with Gasteiger partial charge in [0.2, 0.25) is 0 Å². The fraction of sp³-hybridized carbons (Fsp3) is 0.200. The summed E-state index contributed by atoms with van der Waals surface area (Å²) in [4.78, 5) is 10.9. The van der Waals surface area contributed by atoms with Gasteiger partial charge in [-0.3, -0.25) is 10.5 Å². The number of hydrogen-bond donors (Lipinski definition) is 2. The van der Waals surface area contributed by atoms with Crippen LogP contribution in [0.4, 0.5) is 5.95 Å². The highest BCUT2D eigenvalue weighted by Crippen LogP contribution is 2.14. The number of carbonyl (C=O) groups is 1. The predicted octanol–water partition coefficient (Wildman–Crippen LogP) is -0.467. The molecule has 4 N–H and O–H groups in total. The van der Waals surface area contributed by atoms with E-state index in [1.54, 1.807) is 4.57 Å². The Hall–Kier alpha value is -2.04. The molecule has 1 aromatic carbocycles. The van der Waals surface area contributed by atoms with Crippen LogP contribution in [0.2, 0.25) is 0 Å². The molecule has 0 saturated heterocycles. The molecule has 0 saturated carbocycles. The summed E-state index contributed by atoms with van der Waals surface area (Å²) in [6.07, 6.45) is 0. The van der Waals surface area contributed by atoms with Crippen LogP contribution >= 0.6 is 0 Å². The predicted molar refractivity (Wildman–Crippen MR) is 56.7 cm³/mol. The maximum Gasteiger partial charge on any atom is 0.356 e. The summed E-state index contributed by atoms with van der Waals surface area (Å²) in [7, 11) is 1.86. The smallest absolute Gasteiger partial charge is 0.356 e. The molecule has 1 heterocycles. The minimum atomic E-state index is -0.400. The van der Waals surface area contributed by atoms with Crippen LogP contribution in [0.1, 0.15) is 0 Å². The summed E-state index contributed by atoms with van der Waals surface area (Å²) >= 11 is 0. The SMILES string of the molecule is C[n+]1c(N)n(CC(N)=O)c2ccccc21. The number of hydrogen-bond acceptors (Lipinski definition) is 2. The number of amides is 1. The second kappa shape index (κ2) is 3.27.